The molecule has 0 saturated heterocycles. The zero-order chi connectivity index (χ0) is 11.5. The van der Waals surface area contributed by atoms with E-state index in [-0.39, 0.29) is 0 Å². The largest absolute Gasteiger partial charge is 0.310 e. The van der Waals surface area contributed by atoms with Crippen molar-refractivity contribution >= 4 is 0 Å². The zero-order valence-electron chi connectivity index (χ0n) is 9.63. The van der Waals surface area contributed by atoms with Crippen LogP contribution in [0.1, 0.15) is 18.4 Å². The Bertz CT molecular complexity index is 492. The summed E-state index contributed by atoms with van der Waals surface area (Å²) in [5, 5.41) is 3.52. The molecule has 17 heavy (non-hydrogen) atoms. The van der Waals surface area contributed by atoms with Gasteiger partial charge < -0.3 is 5.32 Å². The fourth-order valence-electron chi connectivity index (χ4n) is 1.84. The molecule has 3 rings (SSSR count). The second-order valence-corrected chi connectivity index (χ2v) is 4.45. The molecule has 0 radical (unpaired) electrons. The Morgan fingerprint density at radius 2 is 2.18 bits per heavy atom. The molecule has 1 N–H and O–H groups in total. The van der Waals surface area contributed by atoms with Crippen molar-refractivity contribution < 1.29 is 0 Å². The highest BCUT2D eigenvalue weighted by atomic mass is 14.9. The number of aromatic nitrogens is 2. The Hall–Kier alpha value is -1.74. The number of hydrogen-bond acceptors (Lipinski definition) is 3. The van der Waals surface area contributed by atoms with Crippen molar-refractivity contribution in [2.24, 2.45) is 0 Å². The standard InChI is InChI=1S/C14H15N3/c1-2-11(9-17-13-4-5-13)8-12(3-1)14-10-15-6-7-16-14/h1-3,6-8,10,13,17H,4-5,9H2. The summed E-state index contributed by atoms with van der Waals surface area (Å²) in [6.07, 6.45) is 7.87. The highest BCUT2D eigenvalue weighted by molar-refractivity contribution is 5.58. The van der Waals surface area contributed by atoms with Crippen molar-refractivity contribution in [1.82, 2.24) is 15.3 Å². The van der Waals surface area contributed by atoms with Crippen molar-refractivity contribution in [1.29, 1.82) is 0 Å². The minimum absolute atomic E-state index is 0.746. The third-order valence-electron chi connectivity index (χ3n) is 2.96. The lowest BCUT2D eigenvalue weighted by atomic mass is 10.1. The SMILES string of the molecule is c1cc(CNC2CC2)cc(-c2cnccn2)c1. The molecule has 2 aromatic rings. The lowest BCUT2D eigenvalue weighted by Gasteiger charge is -2.05. The van der Waals surface area contributed by atoms with Gasteiger partial charge in [-0.05, 0) is 24.5 Å². The van der Waals surface area contributed by atoms with Gasteiger partial charge in [0.1, 0.15) is 0 Å². The molecular weight excluding hydrogens is 210 g/mol. The van der Waals surface area contributed by atoms with Gasteiger partial charge in [0.2, 0.25) is 0 Å². The average Bonchev–Trinajstić information content (AvgIpc) is 3.22. The number of hydrogen-bond donors (Lipinski definition) is 1. The van der Waals surface area contributed by atoms with Gasteiger partial charge in [-0.1, -0.05) is 18.2 Å². The van der Waals surface area contributed by atoms with Crippen LogP contribution in [0.4, 0.5) is 0 Å². The monoisotopic (exact) mass is 225 g/mol. The van der Waals surface area contributed by atoms with Gasteiger partial charge in [0.15, 0.2) is 0 Å². The molecule has 1 aliphatic rings. The molecule has 86 valence electrons. The fraction of sp³-hybridized carbons (Fsp3) is 0.286. The number of benzene rings is 1. The third kappa shape index (κ3) is 2.68. The van der Waals surface area contributed by atoms with Gasteiger partial charge >= 0.3 is 0 Å². The maximum Gasteiger partial charge on any atom is 0.0885 e. The first kappa shape index (κ1) is 10.4. The van der Waals surface area contributed by atoms with Crippen LogP contribution in [-0.4, -0.2) is 16.0 Å². The topological polar surface area (TPSA) is 37.8 Å². The van der Waals surface area contributed by atoms with E-state index in [1.165, 1.54) is 18.4 Å². The molecule has 3 nitrogen and oxygen atoms in total. The van der Waals surface area contributed by atoms with Gasteiger partial charge in [0, 0.05) is 30.5 Å². The van der Waals surface area contributed by atoms with Crippen molar-refractivity contribution in [2.75, 3.05) is 0 Å². The summed E-state index contributed by atoms with van der Waals surface area (Å²) in [5.74, 6) is 0. The summed E-state index contributed by atoms with van der Waals surface area (Å²) in [7, 11) is 0. The molecule has 0 aliphatic heterocycles. The van der Waals surface area contributed by atoms with Crippen LogP contribution in [0.15, 0.2) is 42.9 Å². The Balaban J connectivity index is 1.78. The van der Waals surface area contributed by atoms with E-state index in [2.05, 4.69) is 39.6 Å². The maximum absolute atomic E-state index is 4.31. The average molecular weight is 225 g/mol. The summed E-state index contributed by atoms with van der Waals surface area (Å²) in [6.45, 7) is 0.943. The molecule has 1 saturated carbocycles. The van der Waals surface area contributed by atoms with Crippen molar-refractivity contribution in [2.45, 2.75) is 25.4 Å². The molecule has 0 atom stereocenters. The molecule has 0 amide bonds. The van der Waals surface area contributed by atoms with Gasteiger partial charge in [-0.25, -0.2) is 0 Å². The van der Waals surface area contributed by atoms with Crippen LogP contribution in [0.3, 0.4) is 0 Å². The Morgan fingerprint density at radius 1 is 1.24 bits per heavy atom. The van der Waals surface area contributed by atoms with E-state index in [0.717, 1.165) is 23.8 Å². The molecule has 1 aliphatic carbocycles. The number of nitrogens with zero attached hydrogens (tertiary/aromatic N) is 2. The predicted octanol–water partition coefficient (Wildman–Crippen LogP) is 2.40. The van der Waals surface area contributed by atoms with Crippen molar-refractivity contribution in [3.8, 4) is 11.3 Å². The van der Waals surface area contributed by atoms with Gasteiger partial charge in [-0.15, -0.1) is 0 Å². The van der Waals surface area contributed by atoms with E-state index in [1.807, 2.05) is 0 Å². The Labute approximate surface area is 101 Å². The Kier molecular flexibility index (Phi) is 2.84. The highest BCUT2D eigenvalue weighted by Crippen LogP contribution is 2.21. The summed E-state index contributed by atoms with van der Waals surface area (Å²) in [6, 6.07) is 9.22. The van der Waals surface area contributed by atoms with E-state index < -0.39 is 0 Å². The van der Waals surface area contributed by atoms with Crippen LogP contribution in [0.25, 0.3) is 11.3 Å². The molecule has 3 heteroatoms. The second kappa shape index (κ2) is 4.63. The summed E-state index contributed by atoms with van der Waals surface area (Å²) < 4.78 is 0. The van der Waals surface area contributed by atoms with E-state index in [9.17, 15) is 0 Å². The molecule has 0 unspecified atom stereocenters. The molecule has 1 heterocycles. The summed E-state index contributed by atoms with van der Waals surface area (Å²) in [5.41, 5.74) is 3.37. The molecule has 1 fully saturated rings. The van der Waals surface area contributed by atoms with Crippen LogP contribution in [0.2, 0.25) is 0 Å². The van der Waals surface area contributed by atoms with Crippen LogP contribution in [0, 0.1) is 0 Å². The smallest absolute Gasteiger partial charge is 0.0885 e. The quantitative estimate of drug-likeness (QED) is 0.868. The van der Waals surface area contributed by atoms with E-state index in [1.54, 1.807) is 18.6 Å². The minimum atomic E-state index is 0.746. The van der Waals surface area contributed by atoms with Gasteiger partial charge in [-0.2, -0.15) is 0 Å². The first-order valence-corrected chi connectivity index (χ1v) is 6.00. The van der Waals surface area contributed by atoms with Crippen LogP contribution >= 0.6 is 0 Å². The van der Waals surface area contributed by atoms with Gasteiger partial charge in [0.25, 0.3) is 0 Å². The van der Waals surface area contributed by atoms with Crippen molar-refractivity contribution in [3.05, 3.63) is 48.4 Å². The van der Waals surface area contributed by atoms with E-state index in [0.29, 0.717) is 0 Å². The Morgan fingerprint density at radius 3 is 2.94 bits per heavy atom. The molecular formula is C14H15N3. The summed E-state index contributed by atoms with van der Waals surface area (Å²) >= 11 is 0. The van der Waals surface area contributed by atoms with Crippen molar-refractivity contribution in [3.63, 3.8) is 0 Å². The first-order chi connectivity index (χ1) is 8.42. The van der Waals surface area contributed by atoms with Crippen LogP contribution < -0.4 is 5.32 Å². The minimum Gasteiger partial charge on any atom is -0.310 e. The summed E-state index contributed by atoms with van der Waals surface area (Å²) in [4.78, 5) is 8.41. The first-order valence-electron chi connectivity index (χ1n) is 6.00. The maximum atomic E-state index is 4.31. The number of rotatable bonds is 4. The number of nitrogens with one attached hydrogen (secondary N) is 1. The van der Waals surface area contributed by atoms with E-state index >= 15 is 0 Å². The normalized spacial score (nSPS) is 14.8. The lowest BCUT2D eigenvalue weighted by molar-refractivity contribution is 0.688. The zero-order valence-corrected chi connectivity index (χ0v) is 9.63. The molecule has 0 spiro atoms. The van der Waals surface area contributed by atoms with E-state index in [4.69, 9.17) is 0 Å². The molecule has 1 aromatic carbocycles. The van der Waals surface area contributed by atoms with Gasteiger partial charge in [-0.3, -0.25) is 9.97 Å². The van der Waals surface area contributed by atoms with Gasteiger partial charge in [0.05, 0.1) is 11.9 Å². The van der Waals surface area contributed by atoms with Crippen LogP contribution in [0.5, 0.6) is 0 Å². The predicted molar refractivity (Wildman–Crippen MR) is 67.3 cm³/mol. The highest BCUT2D eigenvalue weighted by Gasteiger charge is 2.19. The molecule has 1 aromatic heterocycles. The molecule has 0 bridgehead atoms. The fourth-order valence-corrected chi connectivity index (χ4v) is 1.84. The van der Waals surface area contributed by atoms with Crippen LogP contribution in [-0.2, 0) is 6.54 Å². The third-order valence-corrected chi connectivity index (χ3v) is 2.96. The second-order valence-electron chi connectivity index (χ2n) is 4.45. The lowest BCUT2D eigenvalue weighted by Crippen LogP contribution is -2.15.